The summed E-state index contributed by atoms with van der Waals surface area (Å²) in [6.45, 7) is 5.89. The molecule has 1 atom stereocenters. The van der Waals surface area contributed by atoms with Gasteiger partial charge in [-0.2, -0.15) is 0 Å². The number of oxazole rings is 1. The van der Waals surface area contributed by atoms with Gasteiger partial charge >= 0.3 is 6.03 Å². The third-order valence-corrected chi connectivity index (χ3v) is 4.61. The third kappa shape index (κ3) is 3.26. The second-order valence-electron chi connectivity index (χ2n) is 6.55. The molecule has 27 heavy (non-hydrogen) atoms. The zero-order valence-corrected chi connectivity index (χ0v) is 15.5. The van der Waals surface area contributed by atoms with E-state index in [1.54, 1.807) is 12.1 Å². The van der Waals surface area contributed by atoms with Crippen molar-refractivity contribution in [2.75, 3.05) is 5.32 Å². The van der Waals surface area contributed by atoms with Crippen molar-refractivity contribution in [2.45, 2.75) is 33.2 Å². The van der Waals surface area contributed by atoms with Crippen molar-refractivity contribution >= 4 is 33.8 Å². The standard InChI is InChI=1S/C21H21N3O3/c1-4-19-24-16-11-14(9-10-18(16)26-19)23-21(25)22-13(3)20-12(2)15-7-5-6-8-17(15)27-20/h5-11,13H,4H2,1-3H3,(H2,22,23,25)/t13-/m0/s1. The number of aromatic nitrogens is 1. The maximum atomic E-state index is 12.4. The van der Waals surface area contributed by atoms with Crippen LogP contribution in [-0.4, -0.2) is 11.0 Å². The van der Waals surface area contributed by atoms with E-state index >= 15 is 0 Å². The maximum absolute atomic E-state index is 12.4. The minimum absolute atomic E-state index is 0.264. The predicted octanol–water partition coefficient (Wildman–Crippen LogP) is 5.33. The molecule has 0 radical (unpaired) electrons. The molecular weight excluding hydrogens is 342 g/mol. The first kappa shape index (κ1) is 17.1. The van der Waals surface area contributed by atoms with Crippen LogP contribution in [0.4, 0.5) is 10.5 Å². The van der Waals surface area contributed by atoms with Crippen molar-refractivity contribution in [3.63, 3.8) is 0 Å². The largest absolute Gasteiger partial charge is 0.459 e. The van der Waals surface area contributed by atoms with Crippen molar-refractivity contribution < 1.29 is 13.6 Å². The fourth-order valence-electron chi connectivity index (χ4n) is 3.24. The van der Waals surface area contributed by atoms with Gasteiger partial charge in [-0.25, -0.2) is 9.78 Å². The highest BCUT2D eigenvalue weighted by Gasteiger charge is 2.18. The van der Waals surface area contributed by atoms with E-state index in [0.717, 1.165) is 34.2 Å². The number of carbonyl (C=O) groups is 1. The van der Waals surface area contributed by atoms with E-state index in [2.05, 4.69) is 15.6 Å². The van der Waals surface area contributed by atoms with Gasteiger partial charge in [0.2, 0.25) is 0 Å². The van der Waals surface area contributed by atoms with Crippen LogP contribution in [0.3, 0.4) is 0 Å². The van der Waals surface area contributed by atoms with E-state index < -0.39 is 0 Å². The smallest absolute Gasteiger partial charge is 0.319 e. The predicted molar refractivity (Wildman–Crippen MR) is 105 cm³/mol. The molecule has 4 rings (SSSR count). The Morgan fingerprint density at radius 1 is 1.15 bits per heavy atom. The van der Waals surface area contributed by atoms with E-state index in [1.807, 2.05) is 51.1 Å². The molecule has 0 aliphatic heterocycles. The first-order chi connectivity index (χ1) is 13.0. The highest BCUT2D eigenvalue weighted by molar-refractivity contribution is 5.92. The number of para-hydroxylation sites is 1. The summed E-state index contributed by atoms with van der Waals surface area (Å²) in [6, 6.07) is 12.7. The van der Waals surface area contributed by atoms with Crippen LogP contribution in [-0.2, 0) is 6.42 Å². The Morgan fingerprint density at radius 3 is 2.74 bits per heavy atom. The second kappa shape index (κ2) is 6.79. The Balaban J connectivity index is 1.49. The molecule has 0 unspecified atom stereocenters. The maximum Gasteiger partial charge on any atom is 0.319 e. The summed E-state index contributed by atoms with van der Waals surface area (Å²) in [5.74, 6) is 1.44. The van der Waals surface area contributed by atoms with Crippen molar-refractivity contribution in [2.24, 2.45) is 0 Å². The van der Waals surface area contributed by atoms with Crippen molar-refractivity contribution in [3.05, 3.63) is 59.7 Å². The molecule has 2 N–H and O–H groups in total. The molecule has 138 valence electrons. The number of nitrogens with zero attached hydrogens (tertiary/aromatic N) is 1. The Morgan fingerprint density at radius 2 is 1.96 bits per heavy atom. The fraction of sp³-hybridized carbons (Fsp3) is 0.238. The number of nitrogens with one attached hydrogen (secondary N) is 2. The van der Waals surface area contributed by atoms with Gasteiger partial charge in [0.25, 0.3) is 0 Å². The van der Waals surface area contributed by atoms with E-state index in [0.29, 0.717) is 17.2 Å². The van der Waals surface area contributed by atoms with E-state index in [1.165, 1.54) is 0 Å². The highest BCUT2D eigenvalue weighted by atomic mass is 16.3. The van der Waals surface area contributed by atoms with Gasteiger partial charge in [-0.1, -0.05) is 25.1 Å². The number of rotatable bonds is 4. The van der Waals surface area contributed by atoms with Crippen molar-refractivity contribution in [1.82, 2.24) is 10.3 Å². The number of aryl methyl sites for hydroxylation is 2. The lowest BCUT2D eigenvalue weighted by Gasteiger charge is -2.13. The molecule has 0 aliphatic carbocycles. The summed E-state index contributed by atoms with van der Waals surface area (Å²) >= 11 is 0. The molecule has 2 aromatic heterocycles. The number of hydrogen-bond donors (Lipinski definition) is 2. The van der Waals surface area contributed by atoms with Gasteiger partial charge in [0.05, 0.1) is 6.04 Å². The van der Waals surface area contributed by atoms with Crippen LogP contribution in [0.25, 0.3) is 22.1 Å². The second-order valence-corrected chi connectivity index (χ2v) is 6.55. The first-order valence-corrected chi connectivity index (χ1v) is 9.00. The Kier molecular flexibility index (Phi) is 4.32. The van der Waals surface area contributed by atoms with Crippen molar-refractivity contribution in [1.29, 1.82) is 0 Å². The van der Waals surface area contributed by atoms with Crippen molar-refractivity contribution in [3.8, 4) is 0 Å². The summed E-state index contributed by atoms with van der Waals surface area (Å²) in [4.78, 5) is 16.8. The van der Waals surface area contributed by atoms with Crippen LogP contribution in [0, 0.1) is 6.92 Å². The fourth-order valence-corrected chi connectivity index (χ4v) is 3.24. The molecule has 2 aromatic carbocycles. The minimum Gasteiger partial charge on any atom is -0.459 e. The van der Waals surface area contributed by atoms with Crippen LogP contribution < -0.4 is 10.6 Å². The molecule has 2 heterocycles. The van der Waals surface area contributed by atoms with Crippen LogP contribution in [0.2, 0.25) is 0 Å². The average molecular weight is 363 g/mol. The quantitative estimate of drug-likeness (QED) is 0.514. The number of carbonyl (C=O) groups excluding carboxylic acids is 1. The Bertz CT molecular complexity index is 1130. The average Bonchev–Trinajstić information content (AvgIpc) is 3.22. The lowest BCUT2D eigenvalue weighted by atomic mass is 10.1. The lowest BCUT2D eigenvalue weighted by Crippen LogP contribution is -2.31. The van der Waals surface area contributed by atoms with Crippen LogP contribution >= 0.6 is 0 Å². The lowest BCUT2D eigenvalue weighted by molar-refractivity contribution is 0.248. The molecule has 0 bridgehead atoms. The number of furan rings is 1. The number of amides is 2. The van der Waals surface area contributed by atoms with Gasteiger partial charge < -0.3 is 19.5 Å². The molecule has 2 amide bonds. The van der Waals surface area contributed by atoms with Gasteiger partial charge in [-0.05, 0) is 38.1 Å². The Labute approximate surface area is 156 Å². The van der Waals surface area contributed by atoms with Gasteiger partial charge in [0.15, 0.2) is 11.5 Å². The number of fused-ring (bicyclic) bond motifs is 2. The number of benzene rings is 2. The SMILES string of the molecule is CCc1nc2cc(NC(=O)N[C@@H](C)c3oc4ccccc4c3C)ccc2o1. The monoisotopic (exact) mass is 363 g/mol. The molecular formula is C21H21N3O3. The third-order valence-electron chi connectivity index (χ3n) is 4.61. The molecule has 0 aliphatic rings. The highest BCUT2D eigenvalue weighted by Crippen LogP contribution is 2.29. The molecule has 0 saturated heterocycles. The molecule has 0 fully saturated rings. The molecule has 4 aromatic rings. The van der Waals surface area contributed by atoms with Gasteiger partial charge in [-0.3, -0.25) is 0 Å². The first-order valence-electron chi connectivity index (χ1n) is 9.00. The summed E-state index contributed by atoms with van der Waals surface area (Å²) in [7, 11) is 0. The summed E-state index contributed by atoms with van der Waals surface area (Å²) in [5.41, 5.74) is 3.95. The zero-order valence-electron chi connectivity index (χ0n) is 15.5. The number of urea groups is 1. The number of hydrogen-bond acceptors (Lipinski definition) is 4. The van der Waals surface area contributed by atoms with Crippen LogP contribution in [0.5, 0.6) is 0 Å². The summed E-state index contributed by atoms with van der Waals surface area (Å²) in [5, 5.41) is 6.83. The Hall–Kier alpha value is -3.28. The van der Waals surface area contributed by atoms with Gasteiger partial charge in [-0.15, -0.1) is 0 Å². The van der Waals surface area contributed by atoms with E-state index in [9.17, 15) is 4.79 Å². The van der Waals surface area contributed by atoms with E-state index in [4.69, 9.17) is 8.83 Å². The summed E-state index contributed by atoms with van der Waals surface area (Å²) < 4.78 is 11.5. The van der Waals surface area contributed by atoms with Crippen LogP contribution in [0.15, 0.2) is 51.3 Å². The molecule has 0 spiro atoms. The molecule has 6 heteroatoms. The van der Waals surface area contributed by atoms with E-state index in [-0.39, 0.29) is 12.1 Å². The molecule has 0 saturated carbocycles. The normalized spacial score (nSPS) is 12.4. The van der Waals surface area contributed by atoms with Crippen LogP contribution in [0.1, 0.15) is 37.1 Å². The van der Waals surface area contributed by atoms with Gasteiger partial charge in [0, 0.05) is 23.1 Å². The number of anilines is 1. The summed E-state index contributed by atoms with van der Waals surface area (Å²) in [6.07, 6.45) is 0.728. The minimum atomic E-state index is -0.305. The van der Waals surface area contributed by atoms with Gasteiger partial charge in [0.1, 0.15) is 16.9 Å². The molecule has 6 nitrogen and oxygen atoms in total. The zero-order chi connectivity index (χ0) is 19.0. The topological polar surface area (TPSA) is 80.3 Å².